The van der Waals surface area contributed by atoms with E-state index < -0.39 is 0 Å². The van der Waals surface area contributed by atoms with Crippen LogP contribution in [0.2, 0.25) is 0 Å². The Kier molecular flexibility index (Phi) is 3.71. The van der Waals surface area contributed by atoms with Gasteiger partial charge >= 0.3 is 0 Å². The molecule has 0 atom stereocenters. The number of carbonyl (C=O) groups is 1. The molecule has 2 fully saturated rings. The Labute approximate surface area is 122 Å². The van der Waals surface area contributed by atoms with Crippen LogP contribution >= 0.6 is 0 Å². The summed E-state index contributed by atoms with van der Waals surface area (Å²) in [6.07, 6.45) is 5.05. The van der Waals surface area contributed by atoms with Gasteiger partial charge in [-0.2, -0.15) is 0 Å². The summed E-state index contributed by atoms with van der Waals surface area (Å²) in [6.45, 7) is 2.09. The minimum Gasteiger partial charge on any atom is -0.490 e. The van der Waals surface area contributed by atoms with Crippen LogP contribution in [0.4, 0.5) is 0 Å². The lowest BCUT2D eigenvalue weighted by atomic mass is 9.88. The summed E-state index contributed by atoms with van der Waals surface area (Å²) in [5, 5.41) is 0. The third-order valence-corrected chi connectivity index (χ3v) is 4.38. The van der Waals surface area contributed by atoms with Crippen LogP contribution in [0.5, 0.6) is 5.75 Å². The molecule has 6 nitrogen and oxygen atoms in total. The van der Waals surface area contributed by atoms with Crippen molar-refractivity contribution in [2.24, 2.45) is 0 Å². The Hall–Kier alpha value is -1.82. The van der Waals surface area contributed by atoms with Gasteiger partial charge in [0.05, 0.1) is 12.7 Å². The zero-order valence-corrected chi connectivity index (χ0v) is 12.1. The molecule has 3 heterocycles. The first-order valence-corrected chi connectivity index (χ1v) is 7.24. The first-order valence-electron chi connectivity index (χ1n) is 7.24. The van der Waals surface area contributed by atoms with Crippen LogP contribution in [0, 0.1) is 0 Å². The van der Waals surface area contributed by atoms with Crippen LogP contribution in [0.1, 0.15) is 36.2 Å². The summed E-state index contributed by atoms with van der Waals surface area (Å²) < 4.78 is 15.9. The van der Waals surface area contributed by atoms with Gasteiger partial charge in [0, 0.05) is 25.8 Å². The average Bonchev–Trinajstić information content (AvgIpc) is 2.95. The number of methoxy groups -OCH3 is 1. The van der Waals surface area contributed by atoms with E-state index in [1.807, 2.05) is 0 Å². The Balaban J connectivity index is 1.69. The van der Waals surface area contributed by atoms with Crippen molar-refractivity contribution in [3.05, 3.63) is 28.3 Å². The zero-order chi connectivity index (χ0) is 14.9. The molecule has 1 spiro atoms. The number of carbonyl (C=O) groups excluding carboxylic acids is 1. The van der Waals surface area contributed by atoms with E-state index in [-0.39, 0.29) is 28.4 Å². The summed E-state index contributed by atoms with van der Waals surface area (Å²) in [5.74, 6) is -0.0878. The predicted octanol–water partition coefficient (Wildman–Crippen LogP) is 1.43. The summed E-state index contributed by atoms with van der Waals surface area (Å²) in [4.78, 5) is 25.8. The molecule has 21 heavy (non-hydrogen) atoms. The smallest absolute Gasteiger partial charge is 0.289 e. The largest absolute Gasteiger partial charge is 0.490 e. The Morgan fingerprint density at radius 3 is 2.67 bits per heavy atom. The number of likely N-dealkylation sites (tertiary alicyclic amines) is 1. The van der Waals surface area contributed by atoms with Crippen LogP contribution in [0.3, 0.4) is 0 Å². The summed E-state index contributed by atoms with van der Waals surface area (Å²) in [6, 6.07) is 1.19. The van der Waals surface area contributed by atoms with Gasteiger partial charge in [-0.05, 0) is 25.7 Å². The highest BCUT2D eigenvalue weighted by Crippen LogP contribution is 2.35. The minimum absolute atomic E-state index is 0.0302. The van der Waals surface area contributed by atoms with E-state index in [1.165, 1.54) is 19.4 Å². The quantitative estimate of drug-likeness (QED) is 0.825. The maximum atomic E-state index is 12.4. The van der Waals surface area contributed by atoms with Crippen LogP contribution in [-0.2, 0) is 4.74 Å². The standard InChI is InChI=1S/C15H19NO5/c1-19-13-10-20-12(9-11(13)17)14(18)16-6-4-15(5-7-16)3-2-8-21-15/h9-10H,2-8H2,1H3. The molecule has 0 aromatic carbocycles. The maximum absolute atomic E-state index is 12.4. The molecule has 3 rings (SSSR count). The molecular formula is C15H19NO5. The molecule has 2 aliphatic rings. The Bertz CT molecular complexity index is 578. The molecular weight excluding hydrogens is 274 g/mol. The molecule has 6 heteroatoms. The molecule has 1 amide bonds. The fourth-order valence-electron chi connectivity index (χ4n) is 3.08. The lowest BCUT2D eigenvalue weighted by Gasteiger charge is -2.38. The number of hydrogen-bond donors (Lipinski definition) is 0. The van der Waals surface area contributed by atoms with Crippen LogP contribution in [0.15, 0.2) is 21.5 Å². The van der Waals surface area contributed by atoms with Gasteiger partial charge in [0.1, 0.15) is 6.26 Å². The minimum atomic E-state index is -0.347. The highest BCUT2D eigenvalue weighted by Gasteiger charge is 2.39. The van der Waals surface area contributed by atoms with Crippen LogP contribution in [0.25, 0.3) is 0 Å². The lowest BCUT2D eigenvalue weighted by molar-refractivity contribution is -0.0391. The molecule has 1 aromatic rings. The van der Waals surface area contributed by atoms with E-state index in [0.29, 0.717) is 13.1 Å². The average molecular weight is 293 g/mol. The number of piperidine rings is 1. The first-order chi connectivity index (χ1) is 10.1. The van der Waals surface area contributed by atoms with Gasteiger partial charge < -0.3 is 18.8 Å². The second kappa shape index (κ2) is 5.52. The molecule has 0 radical (unpaired) electrons. The first kappa shape index (κ1) is 14.1. The third-order valence-electron chi connectivity index (χ3n) is 4.38. The second-order valence-electron chi connectivity index (χ2n) is 5.60. The monoisotopic (exact) mass is 293 g/mol. The van der Waals surface area contributed by atoms with E-state index in [4.69, 9.17) is 13.9 Å². The molecule has 1 aromatic heterocycles. The fraction of sp³-hybridized carbons (Fsp3) is 0.600. The SMILES string of the molecule is COc1coc(C(=O)N2CCC3(CCCO3)CC2)cc1=O. The maximum Gasteiger partial charge on any atom is 0.289 e. The van der Waals surface area contributed by atoms with E-state index in [9.17, 15) is 9.59 Å². The van der Waals surface area contributed by atoms with Gasteiger partial charge in [-0.1, -0.05) is 0 Å². The van der Waals surface area contributed by atoms with Crippen LogP contribution < -0.4 is 10.2 Å². The van der Waals surface area contributed by atoms with Crippen molar-refractivity contribution in [3.63, 3.8) is 0 Å². The normalized spacial score (nSPS) is 20.7. The van der Waals surface area contributed by atoms with Gasteiger partial charge in [-0.15, -0.1) is 0 Å². The number of nitrogens with zero attached hydrogens (tertiary/aromatic N) is 1. The summed E-state index contributed by atoms with van der Waals surface area (Å²) >= 11 is 0. The van der Waals surface area contributed by atoms with Crippen molar-refractivity contribution in [2.45, 2.75) is 31.3 Å². The van der Waals surface area contributed by atoms with E-state index >= 15 is 0 Å². The molecule has 0 unspecified atom stereocenters. The van der Waals surface area contributed by atoms with Crippen molar-refractivity contribution in [1.29, 1.82) is 0 Å². The van der Waals surface area contributed by atoms with Crippen molar-refractivity contribution in [1.82, 2.24) is 4.90 Å². The zero-order valence-electron chi connectivity index (χ0n) is 12.1. The Morgan fingerprint density at radius 1 is 1.33 bits per heavy atom. The number of amides is 1. The van der Waals surface area contributed by atoms with Gasteiger partial charge in [0.2, 0.25) is 11.2 Å². The van der Waals surface area contributed by atoms with Gasteiger partial charge in [0.25, 0.3) is 5.91 Å². The molecule has 0 N–H and O–H groups in total. The fourth-order valence-corrected chi connectivity index (χ4v) is 3.08. The van der Waals surface area contributed by atoms with Crippen LogP contribution in [-0.4, -0.2) is 43.2 Å². The molecule has 0 bridgehead atoms. The van der Waals surface area contributed by atoms with E-state index in [2.05, 4.69) is 0 Å². The molecule has 2 saturated heterocycles. The van der Waals surface area contributed by atoms with Gasteiger partial charge in [-0.3, -0.25) is 9.59 Å². The molecule has 0 aliphatic carbocycles. The molecule has 0 saturated carbocycles. The van der Waals surface area contributed by atoms with Crippen molar-refractivity contribution in [3.8, 4) is 5.75 Å². The molecule has 114 valence electrons. The number of rotatable bonds is 2. The Morgan fingerprint density at radius 2 is 2.10 bits per heavy atom. The second-order valence-corrected chi connectivity index (χ2v) is 5.60. The predicted molar refractivity (Wildman–Crippen MR) is 74.6 cm³/mol. The van der Waals surface area contributed by atoms with Gasteiger partial charge in [-0.25, -0.2) is 0 Å². The topological polar surface area (TPSA) is 69.0 Å². The number of hydrogen-bond acceptors (Lipinski definition) is 5. The third kappa shape index (κ3) is 2.68. The van der Waals surface area contributed by atoms with Crippen molar-refractivity contribution < 1.29 is 18.7 Å². The van der Waals surface area contributed by atoms with E-state index in [0.717, 1.165) is 32.3 Å². The highest BCUT2D eigenvalue weighted by atomic mass is 16.5. The van der Waals surface area contributed by atoms with Crippen molar-refractivity contribution in [2.75, 3.05) is 26.8 Å². The highest BCUT2D eigenvalue weighted by molar-refractivity contribution is 5.91. The lowest BCUT2D eigenvalue weighted by Crippen LogP contribution is -2.46. The summed E-state index contributed by atoms with van der Waals surface area (Å²) in [5.41, 5.74) is -0.378. The van der Waals surface area contributed by atoms with Crippen molar-refractivity contribution >= 4 is 5.91 Å². The van der Waals surface area contributed by atoms with E-state index in [1.54, 1.807) is 4.90 Å². The molecule has 2 aliphatic heterocycles. The summed E-state index contributed by atoms with van der Waals surface area (Å²) in [7, 11) is 1.39. The van der Waals surface area contributed by atoms with Gasteiger partial charge in [0.15, 0.2) is 5.76 Å². The number of ether oxygens (including phenoxy) is 2.